The van der Waals surface area contributed by atoms with Gasteiger partial charge in [0.15, 0.2) is 0 Å². The predicted octanol–water partition coefficient (Wildman–Crippen LogP) is 2.30. The Morgan fingerprint density at radius 1 is 1.19 bits per heavy atom. The summed E-state index contributed by atoms with van der Waals surface area (Å²) in [4.78, 5) is 22.9. The molecule has 7 nitrogen and oxygen atoms in total. The highest BCUT2D eigenvalue weighted by atomic mass is 32.1. The maximum atomic E-state index is 11.7. The number of carboxylic acids is 1. The van der Waals surface area contributed by atoms with Crippen LogP contribution in [0.25, 0.3) is 0 Å². The number of aromatic nitrogens is 2. The molecule has 1 fully saturated rings. The van der Waals surface area contributed by atoms with Crippen molar-refractivity contribution in [3.63, 3.8) is 0 Å². The van der Waals surface area contributed by atoms with Crippen LogP contribution in [0.5, 0.6) is 0 Å². The van der Waals surface area contributed by atoms with Crippen molar-refractivity contribution in [2.45, 2.75) is 18.3 Å². The number of aliphatic carboxylic acids is 1. The summed E-state index contributed by atoms with van der Waals surface area (Å²) in [6.45, 7) is 0. The Morgan fingerprint density at radius 2 is 1.90 bits per heavy atom. The first-order chi connectivity index (χ1) is 10.1. The number of benzene rings is 1. The van der Waals surface area contributed by atoms with Crippen LogP contribution in [0.2, 0.25) is 0 Å². The Hall–Kier alpha value is -2.48. The third-order valence-corrected chi connectivity index (χ3v) is 4.04. The van der Waals surface area contributed by atoms with Gasteiger partial charge in [-0.2, -0.15) is 0 Å². The van der Waals surface area contributed by atoms with E-state index in [1.165, 1.54) is 16.8 Å². The molecule has 1 aliphatic rings. The lowest BCUT2D eigenvalue weighted by molar-refractivity contribution is -0.140. The minimum absolute atomic E-state index is 0.409. The molecule has 0 unspecified atom stereocenters. The molecule has 3 rings (SSSR count). The number of urea groups is 1. The molecule has 0 saturated heterocycles. The Kier molecular flexibility index (Phi) is 3.30. The van der Waals surface area contributed by atoms with Crippen LogP contribution in [-0.2, 0) is 10.2 Å². The van der Waals surface area contributed by atoms with Gasteiger partial charge in [-0.15, -0.1) is 10.2 Å². The molecular weight excluding hydrogens is 292 g/mol. The third kappa shape index (κ3) is 2.70. The monoisotopic (exact) mass is 304 g/mol. The smallest absolute Gasteiger partial charge is 0.325 e. The molecular formula is C13H12N4O3S. The fourth-order valence-electron chi connectivity index (χ4n) is 2.11. The molecule has 1 aromatic carbocycles. The van der Waals surface area contributed by atoms with Gasteiger partial charge in [-0.25, -0.2) is 4.79 Å². The lowest BCUT2D eigenvalue weighted by Crippen LogP contribution is -2.21. The third-order valence-electron chi connectivity index (χ3n) is 3.44. The SMILES string of the molecule is O=C(Nc1ccc(C2(C(=O)O)CC2)cc1)Nc1nncs1. The van der Waals surface area contributed by atoms with E-state index in [1.54, 1.807) is 24.3 Å². The Balaban J connectivity index is 1.65. The molecule has 8 heteroatoms. The standard InChI is InChI=1S/C13H12N4O3S/c18-10(19)13(5-6-13)8-1-3-9(4-2-8)15-11(20)16-12-17-14-7-21-12/h1-4,7H,5-6H2,(H,18,19)(H2,15,16,17,20). The van der Waals surface area contributed by atoms with Crippen LogP contribution in [-0.4, -0.2) is 27.3 Å². The van der Waals surface area contributed by atoms with Crippen molar-refractivity contribution >= 4 is 34.2 Å². The Labute approximate surface area is 124 Å². The van der Waals surface area contributed by atoms with Gasteiger partial charge < -0.3 is 10.4 Å². The summed E-state index contributed by atoms with van der Waals surface area (Å²) in [6, 6.07) is 6.44. The number of nitrogens with zero attached hydrogens (tertiary/aromatic N) is 2. The van der Waals surface area contributed by atoms with E-state index in [4.69, 9.17) is 0 Å². The predicted molar refractivity (Wildman–Crippen MR) is 77.5 cm³/mol. The minimum atomic E-state index is -0.794. The van der Waals surface area contributed by atoms with Crippen molar-refractivity contribution in [1.29, 1.82) is 0 Å². The topological polar surface area (TPSA) is 104 Å². The van der Waals surface area contributed by atoms with Crippen molar-refractivity contribution in [3.8, 4) is 0 Å². The lowest BCUT2D eigenvalue weighted by Gasteiger charge is -2.11. The maximum absolute atomic E-state index is 11.7. The number of carbonyl (C=O) groups is 2. The minimum Gasteiger partial charge on any atom is -0.481 e. The molecule has 1 saturated carbocycles. The zero-order valence-corrected chi connectivity index (χ0v) is 11.7. The molecule has 1 heterocycles. The summed E-state index contributed by atoms with van der Waals surface area (Å²) < 4.78 is 0. The number of rotatable bonds is 4. The van der Waals surface area contributed by atoms with Gasteiger partial charge in [0.2, 0.25) is 5.13 Å². The molecule has 0 aliphatic heterocycles. The number of amides is 2. The number of carbonyl (C=O) groups excluding carboxylic acids is 1. The van der Waals surface area contributed by atoms with Crippen LogP contribution in [0.3, 0.4) is 0 Å². The summed E-state index contributed by atoms with van der Waals surface area (Å²) in [5, 5.41) is 22.1. The molecule has 21 heavy (non-hydrogen) atoms. The summed E-state index contributed by atoms with van der Waals surface area (Å²) in [6.07, 6.45) is 1.32. The van der Waals surface area contributed by atoms with Gasteiger partial charge in [-0.3, -0.25) is 10.1 Å². The maximum Gasteiger partial charge on any atom is 0.325 e. The highest BCUT2D eigenvalue weighted by Gasteiger charge is 2.51. The van der Waals surface area contributed by atoms with E-state index >= 15 is 0 Å². The number of nitrogens with one attached hydrogen (secondary N) is 2. The van der Waals surface area contributed by atoms with Crippen molar-refractivity contribution in [3.05, 3.63) is 35.3 Å². The number of hydrogen-bond donors (Lipinski definition) is 3. The first-order valence-corrected chi connectivity index (χ1v) is 7.16. The zero-order chi connectivity index (χ0) is 14.9. The second-order valence-electron chi connectivity index (χ2n) is 4.79. The summed E-state index contributed by atoms with van der Waals surface area (Å²) in [7, 11) is 0. The van der Waals surface area contributed by atoms with Crippen LogP contribution in [0.1, 0.15) is 18.4 Å². The van der Waals surface area contributed by atoms with Gasteiger partial charge >= 0.3 is 12.0 Å². The highest BCUT2D eigenvalue weighted by molar-refractivity contribution is 7.13. The normalized spacial score (nSPS) is 15.2. The molecule has 0 radical (unpaired) electrons. The summed E-state index contributed by atoms with van der Waals surface area (Å²) in [5.41, 5.74) is 2.14. The first-order valence-electron chi connectivity index (χ1n) is 6.28. The van der Waals surface area contributed by atoms with Crippen LogP contribution < -0.4 is 10.6 Å². The molecule has 108 valence electrons. The molecule has 0 atom stereocenters. The van der Waals surface area contributed by atoms with Gasteiger partial charge in [0.25, 0.3) is 0 Å². The van der Waals surface area contributed by atoms with Crippen LogP contribution in [0.4, 0.5) is 15.6 Å². The van der Waals surface area contributed by atoms with Crippen LogP contribution in [0.15, 0.2) is 29.8 Å². The number of hydrogen-bond acceptors (Lipinski definition) is 5. The zero-order valence-electron chi connectivity index (χ0n) is 10.9. The largest absolute Gasteiger partial charge is 0.481 e. The van der Waals surface area contributed by atoms with Gasteiger partial charge in [0.05, 0.1) is 5.41 Å². The Bertz CT molecular complexity index is 665. The van der Waals surface area contributed by atoms with E-state index in [0.29, 0.717) is 23.7 Å². The van der Waals surface area contributed by atoms with Gasteiger partial charge in [-0.05, 0) is 30.5 Å². The quantitative estimate of drug-likeness (QED) is 0.804. The van der Waals surface area contributed by atoms with E-state index < -0.39 is 17.4 Å². The van der Waals surface area contributed by atoms with Gasteiger partial charge in [-0.1, -0.05) is 23.5 Å². The van der Waals surface area contributed by atoms with Crippen LogP contribution >= 0.6 is 11.3 Å². The molecule has 2 aromatic rings. The highest BCUT2D eigenvalue weighted by Crippen LogP contribution is 2.48. The Morgan fingerprint density at radius 3 is 2.43 bits per heavy atom. The molecule has 2 amide bonds. The second kappa shape index (κ2) is 5.13. The molecule has 0 bridgehead atoms. The average Bonchev–Trinajstić information content (AvgIpc) is 3.12. The fraction of sp³-hybridized carbons (Fsp3) is 0.231. The number of carboxylic acid groups (broad SMARTS) is 1. The van der Waals surface area contributed by atoms with Crippen molar-refractivity contribution in [2.75, 3.05) is 10.6 Å². The van der Waals surface area contributed by atoms with Gasteiger partial charge in [0, 0.05) is 5.69 Å². The molecule has 0 spiro atoms. The van der Waals surface area contributed by atoms with Crippen molar-refractivity contribution in [1.82, 2.24) is 10.2 Å². The summed E-state index contributed by atoms with van der Waals surface area (Å²) in [5.74, 6) is -0.794. The van der Waals surface area contributed by atoms with E-state index in [0.717, 1.165) is 5.56 Å². The van der Waals surface area contributed by atoms with Gasteiger partial charge in [0.1, 0.15) is 5.51 Å². The van der Waals surface area contributed by atoms with E-state index in [9.17, 15) is 14.7 Å². The number of anilines is 2. The summed E-state index contributed by atoms with van der Waals surface area (Å²) >= 11 is 1.22. The first kappa shape index (κ1) is 13.5. The van der Waals surface area contributed by atoms with E-state index in [2.05, 4.69) is 20.8 Å². The fourth-order valence-corrected chi connectivity index (χ4v) is 2.55. The second-order valence-corrected chi connectivity index (χ2v) is 5.62. The van der Waals surface area contributed by atoms with Crippen LogP contribution in [0, 0.1) is 0 Å². The van der Waals surface area contributed by atoms with E-state index in [1.807, 2.05) is 0 Å². The molecule has 1 aromatic heterocycles. The van der Waals surface area contributed by atoms with Crippen molar-refractivity contribution < 1.29 is 14.7 Å². The molecule has 3 N–H and O–H groups in total. The van der Waals surface area contributed by atoms with Crippen molar-refractivity contribution in [2.24, 2.45) is 0 Å². The lowest BCUT2D eigenvalue weighted by atomic mass is 9.96. The van der Waals surface area contributed by atoms with E-state index in [-0.39, 0.29) is 0 Å². The molecule has 1 aliphatic carbocycles. The average molecular weight is 304 g/mol.